The van der Waals surface area contributed by atoms with Crippen molar-refractivity contribution in [2.75, 3.05) is 0 Å². The first kappa shape index (κ1) is 33.8. The van der Waals surface area contributed by atoms with Crippen LogP contribution in [0.3, 0.4) is 0 Å². The van der Waals surface area contributed by atoms with Gasteiger partial charge in [-0.15, -0.1) is 0 Å². The number of hydrogen-bond donors (Lipinski definition) is 0. The van der Waals surface area contributed by atoms with E-state index in [1.165, 1.54) is 121 Å². The second-order valence-corrected chi connectivity index (χ2v) is 16.7. The predicted molar refractivity (Wildman–Crippen MR) is 253 cm³/mol. The molecule has 0 bridgehead atoms. The molecule has 0 aromatic heterocycles. The lowest BCUT2D eigenvalue weighted by molar-refractivity contribution is 0.660. The molecule has 12 rings (SSSR count). The molecular formula is C59H40. The molecule has 0 fully saturated rings. The van der Waals surface area contributed by atoms with E-state index in [9.17, 15) is 0 Å². The van der Waals surface area contributed by atoms with Gasteiger partial charge in [0.2, 0.25) is 0 Å². The van der Waals surface area contributed by atoms with Crippen LogP contribution < -0.4 is 0 Å². The van der Waals surface area contributed by atoms with Gasteiger partial charge >= 0.3 is 0 Å². The zero-order valence-corrected chi connectivity index (χ0v) is 33.1. The Morgan fingerprint density at radius 1 is 0.254 bits per heavy atom. The number of rotatable bonds is 4. The zero-order chi connectivity index (χ0) is 39.2. The summed E-state index contributed by atoms with van der Waals surface area (Å²) >= 11 is 0. The third-order valence-electron chi connectivity index (χ3n) is 13.2. The lowest BCUT2D eigenvalue weighted by atomic mass is 9.79. The molecule has 0 nitrogen and oxygen atoms in total. The van der Waals surface area contributed by atoms with Crippen molar-refractivity contribution in [3.63, 3.8) is 0 Å². The van der Waals surface area contributed by atoms with Gasteiger partial charge in [0, 0.05) is 5.41 Å². The topological polar surface area (TPSA) is 0 Å². The Balaban J connectivity index is 1.26. The molecule has 0 heterocycles. The van der Waals surface area contributed by atoms with Gasteiger partial charge in [0.05, 0.1) is 0 Å². The van der Waals surface area contributed by atoms with Crippen LogP contribution in [0, 0.1) is 0 Å². The Morgan fingerprint density at radius 3 is 1.41 bits per heavy atom. The molecule has 276 valence electrons. The van der Waals surface area contributed by atoms with Crippen molar-refractivity contribution in [3.05, 3.63) is 217 Å². The monoisotopic (exact) mass is 748 g/mol. The molecule has 0 unspecified atom stereocenters. The second kappa shape index (κ2) is 12.9. The molecule has 0 N–H and O–H groups in total. The molecular weight excluding hydrogens is 709 g/mol. The van der Waals surface area contributed by atoms with Gasteiger partial charge in [-0.3, -0.25) is 0 Å². The van der Waals surface area contributed by atoms with Crippen molar-refractivity contribution >= 4 is 53.9 Å². The van der Waals surface area contributed by atoms with Crippen LogP contribution in [0.25, 0.3) is 109 Å². The molecule has 0 heteroatoms. The van der Waals surface area contributed by atoms with Crippen molar-refractivity contribution in [2.24, 2.45) is 0 Å². The first-order chi connectivity index (χ1) is 29.1. The fourth-order valence-corrected chi connectivity index (χ4v) is 10.6. The van der Waals surface area contributed by atoms with E-state index in [-0.39, 0.29) is 5.41 Å². The van der Waals surface area contributed by atoms with Crippen molar-refractivity contribution in [1.82, 2.24) is 0 Å². The van der Waals surface area contributed by atoms with E-state index in [0.29, 0.717) is 0 Å². The van der Waals surface area contributed by atoms with E-state index < -0.39 is 0 Å². The molecule has 0 spiro atoms. The third-order valence-corrected chi connectivity index (χ3v) is 13.2. The summed E-state index contributed by atoms with van der Waals surface area (Å²) in [5.74, 6) is 0. The van der Waals surface area contributed by atoms with Crippen LogP contribution in [-0.4, -0.2) is 0 Å². The highest BCUT2D eigenvalue weighted by molar-refractivity contribution is 6.30. The summed E-state index contributed by atoms with van der Waals surface area (Å²) in [5, 5.41) is 12.6. The lowest BCUT2D eigenvalue weighted by Gasteiger charge is -2.24. The summed E-state index contributed by atoms with van der Waals surface area (Å²) in [6, 6.07) is 77.1. The molecule has 0 atom stereocenters. The molecule has 0 aliphatic heterocycles. The van der Waals surface area contributed by atoms with Crippen LogP contribution in [0.4, 0.5) is 0 Å². The molecule has 0 radical (unpaired) electrons. The van der Waals surface area contributed by atoms with E-state index >= 15 is 0 Å². The Kier molecular flexibility index (Phi) is 7.38. The summed E-state index contributed by atoms with van der Waals surface area (Å²) in [7, 11) is 0. The number of hydrogen-bond acceptors (Lipinski definition) is 0. The van der Waals surface area contributed by atoms with Gasteiger partial charge in [-0.25, -0.2) is 0 Å². The van der Waals surface area contributed by atoms with Crippen molar-refractivity contribution in [3.8, 4) is 55.6 Å². The Morgan fingerprint density at radius 2 is 0.729 bits per heavy atom. The molecule has 1 aliphatic carbocycles. The Labute approximate surface area is 344 Å². The largest absolute Gasteiger partial charge is 0.0622 e. The number of benzene rings is 11. The molecule has 11 aromatic carbocycles. The van der Waals surface area contributed by atoms with Gasteiger partial charge in [-0.1, -0.05) is 208 Å². The summed E-state index contributed by atoms with van der Waals surface area (Å²) in [4.78, 5) is 0. The van der Waals surface area contributed by atoms with Crippen molar-refractivity contribution in [1.29, 1.82) is 0 Å². The first-order valence-corrected chi connectivity index (χ1v) is 20.8. The lowest BCUT2D eigenvalue weighted by Crippen LogP contribution is -2.14. The van der Waals surface area contributed by atoms with Gasteiger partial charge in [-0.2, -0.15) is 0 Å². The number of fused-ring (bicyclic) bond motifs is 8. The van der Waals surface area contributed by atoms with Gasteiger partial charge in [0.1, 0.15) is 0 Å². The minimum absolute atomic E-state index is 0.109. The van der Waals surface area contributed by atoms with E-state index in [1.807, 2.05) is 0 Å². The standard InChI is InChI=1S/C59H40/c1-59(2)52-29-15-14-27-49(52)56-50(28-16-30-53(56)59)55-44-23-10-13-26-47(44)58(48-34-33-41(36-51(48)55)40-32-31-37-17-6-7-20-39(37)35-40)57-45-24-11-8-21-42(45)54(38-18-4-3-5-19-38)43-22-9-12-25-46(43)57/h3-36H,1-2H3. The molecule has 0 saturated heterocycles. The minimum Gasteiger partial charge on any atom is -0.0622 e. The van der Waals surface area contributed by atoms with E-state index in [4.69, 9.17) is 0 Å². The summed E-state index contributed by atoms with van der Waals surface area (Å²) in [6.45, 7) is 4.77. The summed E-state index contributed by atoms with van der Waals surface area (Å²) < 4.78 is 0. The zero-order valence-electron chi connectivity index (χ0n) is 33.1. The highest BCUT2D eigenvalue weighted by atomic mass is 14.4. The Hall–Kier alpha value is -7.28. The quantitative estimate of drug-likeness (QED) is 0.157. The van der Waals surface area contributed by atoms with Crippen LogP contribution in [0.15, 0.2) is 206 Å². The van der Waals surface area contributed by atoms with Gasteiger partial charge in [0.15, 0.2) is 0 Å². The molecule has 0 amide bonds. The van der Waals surface area contributed by atoms with Crippen LogP contribution in [0.5, 0.6) is 0 Å². The fraction of sp³-hybridized carbons (Fsp3) is 0.0508. The maximum absolute atomic E-state index is 2.48. The molecule has 0 saturated carbocycles. The maximum Gasteiger partial charge on any atom is 0.0159 e. The minimum atomic E-state index is -0.109. The smallest absolute Gasteiger partial charge is 0.0159 e. The first-order valence-electron chi connectivity index (χ1n) is 20.8. The van der Waals surface area contributed by atoms with E-state index in [1.54, 1.807) is 0 Å². The average Bonchev–Trinajstić information content (AvgIpc) is 3.53. The van der Waals surface area contributed by atoms with E-state index in [2.05, 4.69) is 220 Å². The normalized spacial score (nSPS) is 13.1. The average molecular weight is 749 g/mol. The third kappa shape index (κ3) is 4.96. The summed E-state index contributed by atoms with van der Waals surface area (Å²) in [6.07, 6.45) is 0. The summed E-state index contributed by atoms with van der Waals surface area (Å²) in [5.41, 5.74) is 15.5. The molecule has 11 aromatic rings. The van der Waals surface area contributed by atoms with Crippen molar-refractivity contribution < 1.29 is 0 Å². The highest BCUT2D eigenvalue weighted by Crippen LogP contribution is 2.56. The maximum atomic E-state index is 2.48. The van der Waals surface area contributed by atoms with Crippen LogP contribution >= 0.6 is 0 Å². The second-order valence-electron chi connectivity index (χ2n) is 16.7. The van der Waals surface area contributed by atoms with Gasteiger partial charge < -0.3 is 0 Å². The predicted octanol–water partition coefficient (Wildman–Crippen LogP) is 16.4. The van der Waals surface area contributed by atoms with Gasteiger partial charge in [0.25, 0.3) is 0 Å². The highest BCUT2D eigenvalue weighted by Gasteiger charge is 2.37. The van der Waals surface area contributed by atoms with Crippen molar-refractivity contribution in [2.45, 2.75) is 19.3 Å². The van der Waals surface area contributed by atoms with Gasteiger partial charge in [-0.05, 0) is 133 Å². The van der Waals surface area contributed by atoms with Crippen LogP contribution in [0.1, 0.15) is 25.0 Å². The SMILES string of the molecule is CC1(C)c2ccccc2-c2c(-c3c4ccccc4c(-c4c5ccccc5c(-c5ccccc5)c5ccccc45)c4ccc(-c5ccc6ccccc6c5)cc34)cccc21. The van der Waals surface area contributed by atoms with Crippen LogP contribution in [0.2, 0.25) is 0 Å². The Bertz CT molecular complexity index is 3450. The fourth-order valence-electron chi connectivity index (χ4n) is 10.6. The molecule has 1 aliphatic rings. The molecule has 59 heavy (non-hydrogen) atoms. The van der Waals surface area contributed by atoms with E-state index in [0.717, 1.165) is 0 Å². The van der Waals surface area contributed by atoms with Crippen LogP contribution in [-0.2, 0) is 5.41 Å².